The molecular formula is C16H17BrClNO2. The van der Waals surface area contributed by atoms with E-state index >= 15 is 0 Å². The molecule has 0 aromatic heterocycles. The minimum Gasteiger partial charge on any atom is -0.490 e. The van der Waals surface area contributed by atoms with E-state index in [0.29, 0.717) is 30.5 Å². The largest absolute Gasteiger partial charge is 0.490 e. The van der Waals surface area contributed by atoms with E-state index in [9.17, 15) is 0 Å². The van der Waals surface area contributed by atoms with Crippen LogP contribution in [-0.4, -0.2) is 19.8 Å². The van der Waals surface area contributed by atoms with Crippen molar-refractivity contribution in [3.05, 3.63) is 57.5 Å². The highest BCUT2D eigenvalue weighted by molar-refractivity contribution is 9.10. The molecule has 0 atom stereocenters. The molecule has 0 heterocycles. The molecule has 2 rings (SSSR count). The first-order chi connectivity index (χ1) is 10.2. The van der Waals surface area contributed by atoms with Gasteiger partial charge in [0.15, 0.2) is 0 Å². The Bertz CT molecular complexity index is 575. The molecule has 2 aromatic rings. The van der Waals surface area contributed by atoms with Crippen molar-refractivity contribution in [2.75, 3.05) is 19.8 Å². The van der Waals surface area contributed by atoms with E-state index in [-0.39, 0.29) is 0 Å². The van der Waals surface area contributed by atoms with Gasteiger partial charge in [0.2, 0.25) is 0 Å². The van der Waals surface area contributed by atoms with E-state index in [1.54, 1.807) is 0 Å². The van der Waals surface area contributed by atoms with Gasteiger partial charge in [-0.1, -0.05) is 39.7 Å². The maximum absolute atomic E-state index is 6.17. The van der Waals surface area contributed by atoms with Gasteiger partial charge in [-0.25, -0.2) is 0 Å². The van der Waals surface area contributed by atoms with Gasteiger partial charge >= 0.3 is 0 Å². The third kappa shape index (κ3) is 4.92. The average Bonchev–Trinajstić information content (AvgIpc) is 2.48. The highest BCUT2D eigenvalue weighted by Gasteiger charge is 2.07. The number of halogens is 2. The zero-order chi connectivity index (χ0) is 15.1. The second kappa shape index (κ2) is 8.27. The van der Waals surface area contributed by atoms with Crippen LogP contribution in [0.15, 0.2) is 46.9 Å². The van der Waals surface area contributed by atoms with Crippen molar-refractivity contribution in [2.24, 2.45) is 5.73 Å². The van der Waals surface area contributed by atoms with Crippen LogP contribution in [0.25, 0.3) is 0 Å². The Morgan fingerprint density at radius 3 is 2.43 bits per heavy atom. The predicted octanol–water partition coefficient (Wildman–Crippen LogP) is 4.06. The lowest BCUT2D eigenvalue weighted by Gasteiger charge is -2.13. The zero-order valence-corrected chi connectivity index (χ0v) is 13.9. The van der Waals surface area contributed by atoms with E-state index in [2.05, 4.69) is 15.9 Å². The SMILES string of the molecule is NCCc1cccc(Cl)c1OCCOc1ccc(Br)cc1. The van der Waals surface area contributed by atoms with E-state index in [4.69, 9.17) is 26.8 Å². The Morgan fingerprint density at radius 2 is 1.71 bits per heavy atom. The van der Waals surface area contributed by atoms with E-state index < -0.39 is 0 Å². The first-order valence-corrected chi connectivity index (χ1v) is 7.86. The number of hydrogen-bond acceptors (Lipinski definition) is 3. The lowest BCUT2D eigenvalue weighted by Crippen LogP contribution is -2.11. The summed E-state index contributed by atoms with van der Waals surface area (Å²) in [6, 6.07) is 13.4. The second-order valence-electron chi connectivity index (χ2n) is 4.42. The van der Waals surface area contributed by atoms with Crippen LogP contribution in [0.2, 0.25) is 5.02 Å². The molecule has 0 aliphatic carbocycles. The fourth-order valence-corrected chi connectivity index (χ4v) is 2.41. The first-order valence-electron chi connectivity index (χ1n) is 6.69. The smallest absolute Gasteiger partial charge is 0.141 e. The van der Waals surface area contributed by atoms with Gasteiger partial charge in [-0.3, -0.25) is 0 Å². The van der Waals surface area contributed by atoms with Crippen LogP contribution in [0.5, 0.6) is 11.5 Å². The Morgan fingerprint density at radius 1 is 1.00 bits per heavy atom. The van der Waals surface area contributed by atoms with Crippen LogP contribution in [0.1, 0.15) is 5.56 Å². The maximum atomic E-state index is 6.17. The Kier molecular flexibility index (Phi) is 6.36. The van der Waals surface area contributed by atoms with Gasteiger partial charge in [0.1, 0.15) is 24.7 Å². The van der Waals surface area contributed by atoms with Crippen LogP contribution in [0, 0.1) is 0 Å². The number of rotatable bonds is 7. The molecule has 112 valence electrons. The molecule has 0 radical (unpaired) electrons. The van der Waals surface area contributed by atoms with Gasteiger partial charge in [0, 0.05) is 4.47 Å². The van der Waals surface area contributed by atoms with Gasteiger partial charge in [-0.2, -0.15) is 0 Å². The van der Waals surface area contributed by atoms with Gasteiger partial charge < -0.3 is 15.2 Å². The summed E-state index contributed by atoms with van der Waals surface area (Å²) in [6.45, 7) is 1.44. The number of hydrogen-bond donors (Lipinski definition) is 1. The number of nitrogens with two attached hydrogens (primary N) is 1. The molecule has 0 unspecified atom stereocenters. The summed E-state index contributed by atoms with van der Waals surface area (Å²) in [4.78, 5) is 0. The lowest BCUT2D eigenvalue weighted by atomic mass is 10.1. The minimum atomic E-state index is 0.428. The van der Waals surface area contributed by atoms with Gasteiger partial charge in [-0.05, 0) is 48.9 Å². The summed E-state index contributed by atoms with van der Waals surface area (Å²) in [7, 11) is 0. The Balaban J connectivity index is 1.87. The van der Waals surface area contributed by atoms with Crippen molar-refractivity contribution in [3.8, 4) is 11.5 Å². The quantitative estimate of drug-likeness (QED) is 0.748. The van der Waals surface area contributed by atoms with Crippen molar-refractivity contribution in [1.82, 2.24) is 0 Å². The van der Waals surface area contributed by atoms with Crippen LogP contribution >= 0.6 is 27.5 Å². The Hall–Kier alpha value is -1.23. The topological polar surface area (TPSA) is 44.5 Å². The van der Waals surface area contributed by atoms with Crippen molar-refractivity contribution in [1.29, 1.82) is 0 Å². The lowest BCUT2D eigenvalue weighted by molar-refractivity contribution is 0.216. The Labute approximate surface area is 138 Å². The molecule has 0 bridgehead atoms. The molecule has 0 amide bonds. The first kappa shape index (κ1) is 16.1. The molecule has 21 heavy (non-hydrogen) atoms. The minimum absolute atomic E-state index is 0.428. The summed E-state index contributed by atoms with van der Waals surface area (Å²) in [5.41, 5.74) is 6.62. The van der Waals surface area contributed by atoms with Crippen molar-refractivity contribution in [2.45, 2.75) is 6.42 Å². The standard InChI is InChI=1S/C16H17BrClNO2/c17-13-4-6-14(7-5-13)20-10-11-21-16-12(8-9-19)2-1-3-15(16)18/h1-7H,8-11,19H2. The summed E-state index contributed by atoms with van der Waals surface area (Å²) >= 11 is 9.55. The van der Waals surface area contributed by atoms with Crippen molar-refractivity contribution >= 4 is 27.5 Å². The van der Waals surface area contributed by atoms with Crippen molar-refractivity contribution < 1.29 is 9.47 Å². The third-order valence-electron chi connectivity index (χ3n) is 2.87. The molecule has 2 N–H and O–H groups in total. The number of benzene rings is 2. The molecular weight excluding hydrogens is 354 g/mol. The van der Waals surface area contributed by atoms with E-state index in [0.717, 1.165) is 22.2 Å². The monoisotopic (exact) mass is 369 g/mol. The molecule has 0 aliphatic heterocycles. The molecule has 0 saturated carbocycles. The fourth-order valence-electron chi connectivity index (χ4n) is 1.90. The normalized spacial score (nSPS) is 10.4. The molecule has 0 fully saturated rings. The highest BCUT2D eigenvalue weighted by Crippen LogP contribution is 2.28. The summed E-state index contributed by atoms with van der Waals surface area (Å²) in [6.07, 6.45) is 0.740. The molecule has 5 heteroatoms. The van der Waals surface area contributed by atoms with Gasteiger partial charge in [0.05, 0.1) is 5.02 Å². The molecule has 0 spiro atoms. The van der Waals surface area contributed by atoms with Crippen molar-refractivity contribution in [3.63, 3.8) is 0 Å². The van der Waals surface area contributed by atoms with Crippen LogP contribution in [0.4, 0.5) is 0 Å². The zero-order valence-electron chi connectivity index (χ0n) is 11.5. The average molecular weight is 371 g/mol. The maximum Gasteiger partial charge on any atom is 0.141 e. The van der Waals surface area contributed by atoms with Gasteiger partial charge in [0.25, 0.3) is 0 Å². The number of para-hydroxylation sites is 1. The predicted molar refractivity (Wildman–Crippen MR) is 89.3 cm³/mol. The molecule has 0 saturated heterocycles. The molecule has 2 aromatic carbocycles. The van der Waals surface area contributed by atoms with E-state index in [1.807, 2.05) is 42.5 Å². The molecule has 0 aliphatic rings. The highest BCUT2D eigenvalue weighted by atomic mass is 79.9. The third-order valence-corrected chi connectivity index (χ3v) is 3.70. The fraction of sp³-hybridized carbons (Fsp3) is 0.250. The van der Waals surface area contributed by atoms with E-state index in [1.165, 1.54) is 0 Å². The summed E-state index contributed by atoms with van der Waals surface area (Å²) in [5, 5.41) is 0.601. The number of ether oxygens (including phenoxy) is 2. The van der Waals surface area contributed by atoms with Crippen LogP contribution in [-0.2, 0) is 6.42 Å². The summed E-state index contributed by atoms with van der Waals surface area (Å²) < 4.78 is 12.4. The summed E-state index contributed by atoms with van der Waals surface area (Å²) in [5.74, 6) is 1.51. The second-order valence-corrected chi connectivity index (χ2v) is 5.74. The molecule has 3 nitrogen and oxygen atoms in total. The van der Waals surface area contributed by atoms with Gasteiger partial charge in [-0.15, -0.1) is 0 Å². The van der Waals surface area contributed by atoms with Crippen LogP contribution in [0.3, 0.4) is 0 Å². The van der Waals surface area contributed by atoms with Crippen LogP contribution < -0.4 is 15.2 Å².